The van der Waals surface area contributed by atoms with Gasteiger partial charge in [0, 0.05) is 18.1 Å². The topological polar surface area (TPSA) is 58.3 Å². The molecule has 0 unspecified atom stereocenters. The second-order valence-electron chi connectivity index (χ2n) is 6.96. The molecule has 128 valence electrons. The van der Waals surface area contributed by atoms with Crippen LogP contribution in [0.25, 0.3) is 0 Å². The third-order valence-electron chi connectivity index (χ3n) is 5.24. The van der Waals surface area contributed by atoms with Gasteiger partial charge in [0.05, 0.1) is 6.10 Å². The molecule has 0 aliphatic heterocycles. The van der Waals surface area contributed by atoms with Crippen LogP contribution in [-0.4, -0.2) is 23.8 Å². The number of aliphatic hydroxyl groups excluding tert-OH is 1. The molecule has 0 heterocycles. The molecule has 0 spiro atoms. The highest BCUT2D eigenvalue weighted by molar-refractivity contribution is 5.25. The Labute approximate surface area is 144 Å². The van der Waals surface area contributed by atoms with E-state index in [2.05, 4.69) is 47.8 Å². The zero-order valence-corrected chi connectivity index (χ0v) is 14.2. The van der Waals surface area contributed by atoms with Crippen molar-refractivity contribution in [1.82, 2.24) is 5.32 Å². The van der Waals surface area contributed by atoms with Crippen LogP contribution in [0, 0.1) is 0 Å². The fourth-order valence-electron chi connectivity index (χ4n) is 3.78. The number of rotatable bonds is 7. The van der Waals surface area contributed by atoms with Gasteiger partial charge in [0.2, 0.25) is 0 Å². The van der Waals surface area contributed by atoms with Crippen molar-refractivity contribution in [2.24, 2.45) is 5.73 Å². The molecule has 0 bridgehead atoms. The zero-order chi connectivity index (χ0) is 16.8. The summed E-state index contributed by atoms with van der Waals surface area (Å²) in [5, 5.41) is 14.2. The average Bonchev–Trinajstić information content (AvgIpc) is 3.11. The molecule has 3 nitrogen and oxygen atoms in total. The van der Waals surface area contributed by atoms with E-state index in [1.807, 2.05) is 18.2 Å². The summed E-state index contributed by atoms with van der Waals surface area (Å²) in [6, 6.07) is 20.5. The van der Waals surface area contributed by atoms with Crippen LogP contribution >= 0.6 is 0 Å². The van der Waals surface area contributed by atoms with Gasteiger partial charge in [-0.1, -0.05) is 73.5 Å². The van der Waals surface area contributed by atoms with E-state index in [0.717, 1.165) is 12.8 Å². The van der Waals surface area contributed by atoms with E-state index in [1.165, 1.54) is 24.0 Å². The molecule has 0 saturated heterocycles. The van der Waals surface area contributed by atoms with Crippen LogP contribution in [0.1, 0.15) is 36.8 Å². The molecule has 2 atom stereocenters. The molecule has 0 radical (unpaired) electrons. The molecule has 2 aromatic rings. The van der Waals surface area contributed by atoms with Crippen molar-refractivity contribution in [1.29, 1.82) is 0 Å². The maximum Gasteiger partial charge on any atom is 0.0818 e. The Morgan fingerprint density at radius 1 is 0.958 bits per heavy atom. The van der Waals surface area contributed by atoms with E-state index in [-0.39, 0.29) is 11.6 Å². The Bertz CT molecular complexity index is 608. The van der Waals surface area contributed by atoms with Crippen molar-refractivity contribution >= 4 is 0 Å². The van der Waals surface area contributed by atoms with E-state index < -0.39 is 6.10 Å². The number of benzene rings is 2. The molecule has 2 aromatic carbocycles. The van der Waals surface area contributed by atoms with Crippen LogP contribution in [-0.2, 0) is 12.0 Å². The lowest BCUT2D eigenvalue weighted by atomic mass is 9.87. The Kier molecular flexibility index (Phi) is 5.67. The first-order valence-corrected chi connectivity index (χ1v) is 8.98. The number of hydrogen-bond acceptors (Lipinski definition) is 3. The van der Waals surface area contributed by atoms with Gasteiger partial charge in [0.1, 0.15) is 0 Å². The number of nitrogens with one attached hydrogen (secondary N) is 1. The molecule has 1 aliphatic carbocycles. The van der Waals surface area contributed by atoms with Crippen molar-refractivity contribution in [3.8, 4) is 0 Å². The van der Waals surface area contributed by atoms with Gasteiger partial charge < -0.3 is 16.2 Å². The predicted octanol–water partition coefficient (Wildman–Crippen LogP) is 2.98. The van der Waals surface area contributed by atoms with Crippen molar-refractivity contribution in [3.05, 3.63) is 71.8 Å². The first kappa shape index (κ1) is 17.2. The van der Waals surface area contributed by atoms with E-state index >= 15 is 0 Å². The van der Waals surface area contributed by atoms with Crippen molar-refractivity contribution in [2.45, 2.75) is 49.8 Å². The van der Waals surface area contributed by atoms with Crippen LogP contribution in [0.2, 0.25) is 0 Å². The molecule has 1 saturated carbocycles. The summed E-state index contributed by atoms with van der Waals surface area (Å²) in [6.45, 7) is 0.531. The lowest BCUT2D eigenvalue weighted by molar-refractivity contribution is 0.127. The van der Waals surface area contributed by atoms with Gasteiger partial charge in [-0.15, -0.1) is 0 Å². The molecule has 3 rings (SSSR count). The predicted molar refractivity (Wildman–Crippen MR) is 98.7 cm³/mol. The fourth-order valence-corrected chi connectivity index (χ4v) is 3.78. The van der Waals surface area contributed by atoms with Crippen LogP contribution in [0.15, 0.2) is 60.7 Å². The highest BCUT2D eigenvalue weighted by atomic mass is 16.3. The molecule has 1 fully saturated rings. The summed E-state index contributed by atoms with van der Waals surface area (Å²) in [5.74, 6) is 0. The number of hydrogen-bond donors (Lipinski definition) is 3. The fraction of sp³-hybridized carbons (Fsp3) is 0.429. The normalized spacial score (nSPS) is 19.1. The van der Waals surface area contributed by atoms with E-state index in [0.29, 0.717) is 13.0 Å². The molecule has 3 heteroatoms. The van der Waals surface area contributed by atoms with Gasteiger partial charge in [-0.3, -0.25) is 0 Å². The molecular formula is C21H28N2O. The molecule has 0 amide bonds. The maximum absolute atomic E-state index is 10.5. The summed E-state index contributed by atoms with van der Waals surface area (Å²) >= 11 is 0. The standard InChI is InChI=1S/C21H28N2O/c22-19(15-17-9-3-1-4-10-17)20(24)16-23-21(13-7-8-14-21)18-11-5-2-6-12-18/h1-6,9-12,19-20,23-24H,7-8,13-16,22H2/t19-,20+/m0/s1. The summed E-state index contributed by atoms with van der Waals surface area (Å²) in [7, 11) is 0. The highest BCUT2D eigenvalue weighted by Crippen LogP contribution is 2.38. The van der Waals surface area contributed by atoms with Crippen molar-refractivity contribution < 1.29 is 5.11 Å². The third-order valence-corrected chi connectivity index (χ3v) is 5.24. The van der Waals surface area contributed by atoms with E-state index in [1.54, 1.807) is 0 Å². The van der Waals surface area contributed by atoms with Gasteiger partial charge in [-0.2, -0.15) is 0 Å². The van der Waals surface area contributed by atoms with Crippen LogP contribution in [0.5, 0.6) is 0 Å². The van der Waals surface area contributed by atoms with Gasteiger partial charge in [-0.05, 0) is 30.4 Å². The first-order valence-electron chi connectivity index (χ1n) is 8.98. The Balaban J connectivity index is 1.60. The molecule has 4 N–H and O–H groups in total. The summed E-state index contributed by atoms with van der Waals surface area (Å²) in [6.07, 6.45) is 4.85. The summed E-state index contributed by atoms with van der Waals surface area (Å²) < 4.78 is 0. The zero-order valence-electron chi connectivity index (χ0n) is 14.2. The molecular weight excluding hydrogens is 296 g/mol. The molecule has 24 heavy (non-hydrogen) atoms. The Morgan fingerprint density at radius 2 is 1.54 bits per heavy atom. The highest BCUT2D eigenvalue weighted by Gasteiger charge is 2.35. The average molecular weight is 324 g/mol. The smallest absolute Gasteiger partial charge is 0.0818 e. The third kappa shape index (κ3) is 4.04. The minimum atomic E-state index is -0.550. The number of nitrogens with two attached hydrogens (primary N) is 1. The van der Waals surface area contributed by atoms with Crippen molar-refractivity contribution in [2.75, 3.05) is 6.54 Å². The second-order valence-corrected chi connectivity index (χ2v) is 6.96. The molecule has 1 aliphatic rings. The quantitative estimate of drug-likeness (QED) is 0.734. The van der Waals surface area contributed by atoms with Crippen LogP contribution in [0.3, 0.4) is 0 Å². The Morgan fingerprint density at radius 3 is 2.17 bits per heavy atom. The van der Waals surface area contributed by atoms with Crippen LogP contribution in [0.4, 0.5) is 0 Å². The SMILES string of the molecule is N[C@@H](Cc1ccccc1)[C@H](O)CNC1(c2ccccc2)CCCC1. The summed E-state index contributed by atoms with van der Waals surface area (Å²) in [4.78, 5) is 0. The second kappa shape index (κ2) is 7.93. The van der Waals surface area contributed by atoms with Gasteiger partial charge >= 0.3 is 0 Å². The largest absolute Gasteiger partial charge is 0.390 e. The van der Waals surface area contributed by atoms with Gasteiger partial charge in [-0.25, -0.2) is 0 Å². The maximum atomic E-state index is 10.5. The Hall–Kier alpha value is -1.68. The minimum Gasteiger partial charge on any atom is -0.390 e. The monoisotopic (exact) mass is 324 g/mol. The van der Waals surface area contributed by atoms with Gasteiger partial charge in [0.25, 0.3) is 0 Å². The lowest BCUT2D eigenvalue weighted by Gasteiger charge is -2.33. The first-order chi connectivity index (χ1) is 11.7. The van der Waals surface area contributed by atoms with Crippen LogP contribution < -0.4 is 11.1 Å². The minimum absolute atomic E-state index is 0.00525. The van der Waals surface area contributed by atoms with Crippen molar-refractivity contribution in [3.63, 3.8) is 0 Å². The lowest BCUT2D eigenvalue weighted by Crippen LogP contribution is -2.49. The van der Waals surface area contributed by atoms with E-state index in [4.69, 9.17) is 5.73 Å². The number of aliphatic hydroxyl groups is 1. The summed E-state index contributed by atoms with van der Waals surface area (Å²) in [5.41, 5.74) is 8.72. The van der Waals surface area contributed by atoms with Gasteiger partial charge in [0.15, 0.2) is 0 Å². The van der Waals surface area contributed by atoms with E-state index in [9.17, 15) is 5.11 Å². The molecule has 0 aromatic heterocycles.